The molecule has 4 unspecified atom stereocenters. The van der Waals surface area contributed by atoms with Crippen LogP contribution in [0.15, 0.2) is 0 Å². The Labute approximate surface area is 125 Å². The summed E-state index contributed by atoms with van der Waals surface area (Å²) in [4.78, 5) is 23.8. The molecule has 0 saturated heterocycles. The van der Waals surface area contributed by atoms with Crippen LogP contribution in [0.2, 0.25) is 0 Å². The van der Waals surface area contributed by atoms with Gasteiger partial charge in [-0.2, -0.15) is 11.8 Å². The van der Waals surface area contributed by atoms with Crippen LogP contribution in [-0.4, -0.2) is 34.5 Å². The molecule has 0 aromatic heterocycles. The standard InChI is InChI=1S/C15H25NO3S/c1-20-13-9-5-4-8-12(13)16-14(17)10-6-2-3-7-11(10)15(18)19/h10-13H,2-9H2,1H3,(H,16,17)(H,18,19). The number of carbonyl (C=O) groups excluding carboxylic acids is 1. The van der Waals surface area contributed by atoms with Crippen molar-refractivity contribution in [3.8, 4) is 0 Å². The summed E-state index contributed by atoms with van der Waals surface area (Å²) in [5, 5.41) is 12.9. The summed E-state index contributed by atoms with van der Waals surface area (Å²) < 4.78 is 0. The maximum absolute atomic E-state index is 12.5. The molecule has 4 nitrogen and oxygen atoms in total. The first kappa shape index (κ1) is 15.7. The van der Waals surface area contributed by atoms with E-state index >= 15 is 0 Å². The molecule has 4 atom stereocenters. The first-order valence-corrected chi connectivity index (χ1v) is 8.98. The largest absolute Gasteiger partial charge is 0.481 e. The Hall–Kier alpha value is -0.710. The van der Waals surface area contributed by atoms with Crippen LogP contribution in [0.4, 0.5) is 0 Å². The van der Waals surface area contributed by atoms with Crippen molar-refractivity contribution in [2.45, 2.75) is 62.7 Å². The predicted molar refractivity (Wildman–Crippen MR) is 80.8 cm³/mol. The number of carbonyl (C=O) groups is 2. The highest BCUT2D eigenvalue weighted by molar-refractivity contribution is 7.99. The van der Waals surface area contributed by atoms with Gasteiger partial charge in [0.25, 0.3) is 0 Å². The van der Waals surface area contributed by atoms with Gasteiger partial charge in [0.05, 0.1) is 11.8 Å². The third kappa shape index (κ3) is 3.68. The minimum atomic E-state index is -0.810. The first-order chi connectivity index (χ1) is 9.63. The summed E-state index contributed by atoms with van der Waals surface area (Å²) in [6.45, 7) is 0. The van der Waals surface area contributed by atoms with Crippen molar-refractivity contribution in [1.82, 2.24) is 5.32 Å². The SMILES string of the molecule is CSC1CCCCC1NC(=O)C1CCCCC1C(=O)O. The van der Waals surface area contributed by atoms with Gasteiger partial charge in [-0.1, -0.05) is 25.7 Å². The lowest BCUT2D eigenvalue weighted by atomic mass is 9.78. The number of nitrogens with one attached hydrogen (secondary N) is 1. The predicted octanol–water partition coefficient (Wildman–Crippen LogP) is 2.67. The van der Waals surface area contributed by atoms with Crippen LogP contribution in [0, 0.1) is 11.8 Å². The second-order valence-electron chi connectivity index (χ2n) is 6.01. The van der Waals surface area contributed by atoms with Crippen LogP contribution < -0.4 is 5.32 Å². The molecule has 1 amide bonds. The minimum Gasteiger partial charge on any atom is -0.481 e. The molecule has 20 heavy (non-hydrogen) atoms. The molecule has 0 aliphatic heterocycles. The van der Waals surface area contributed by atoms with Crippen molar-refractivity contribution >= 4 is 23.6 Å². The van der Waals surface area contributed by atoms with Gasteiger partial charge >= 0.3 is 5.97 Å². The number of hydrogen-bond donors (Lipinski definition) is 2. The Bertz CT molecular complexity index is 361. The number of amides is 1. The van der Waals surface area contributed by atoms with Crippen molar-refractivity contribution in [3.05, 3.63) is 0 Å². The third-order valence-corrected chi connectivity index (χ3v) is 5.92. The van der Waals surface area contributed by atoms with Crippen LogP contribution in [0.5, 0.6) is 0 Å². The smallest absolute Gasteiger partial charge is 0.307 e. The van der Waals surface area contributed by atoms with Gasteiger partial charge in [-0.05, 0) is 31.9 Å². The first-order valence-electron chi connectivity index (χ1n) is 7.69. The minimum absolute atomic E-state index is 0.0250. The molecule has 2 aliphatic carbocycles. The van der Waals surface area contributed by atoms with Gasteiger partial charge in [0.2, 0.25) is 5.91 Å². The fourth-order valence-corrected chi connectivity index (χ4v) is 4.51. The summed E-state index contributed by atoms with van der Waals surface area (Å²) in [7, 11) is 0. The number of rotatable bonds is 4. The summed E-state index contributed by atoms with van der Waals surface area (Å²) in [5.74, 6) is -1.65. The second-order valence-corrected chi connectivity index (χ2v) is 7.09. The average molecular weight is 299 g/mol. The molecule has 5 heteroatoms. The van der Waals surface area contributed by atoms with Crippen molar-refractivity contribution in [2.75, 3.05) is 6.26 Å². The van der Waals surface area contributed by atoms with E-state index in [2.05, 4.69) is 11.6 Å². The summed E-state index contributed by atoms with van der Waals surface area (Å²) in [5.41, 5.74) is 0. The van der Waals surface area contributed by atoms with Gasteiger partial charge in [0.15, 0.2) is 0 Å². The molecule has 2 fully saturated rings. The van der Waals surface area contributed by atoms with Crippen LogP contribution >= 0.6 is 11.8 Å². The molecule has 2 N–H and O–H groups in total. The van der Waals surface area contributed by atoms with Crippen molar-refractivity contribution in [3.63, 3.8) is 0 Å². The molecule has 2 aliphatic rings. The van der Waals surface area contributed by atoms with E-state index in [4.69, 9.17) is 0 Å². The van der Waals surface area contributed by atoms with Crippen LogP contribution in [0.25, 0.3) is 0 Å². The Morgan fingerprint density at radius 3 is 2.25 bits per heavy atom. The zero-order chi connectivity index (χ0) is 14.5. The maximum atomic E-state index is 12.5. The number of carboxylic acid groups (broad SMARTS) is 1. The van der Waals surface area contributed by atoms with E-state index in [9.17, 15) is 14.7 Å². The van der Waals surface area contributed by atoms with Crippen LogP contribution in [0.1, 0.15) is 51.4 Å². The highest BCUT2D eigenvalue weighted by Gasteiger charge is 2.37. The number of thioether (sulfide) groups is 1. The molecular weight excluding hydrogens is 274 g/mol. The average Bonchev–Trinajstić information content (AvgIpc) is 2.47. The van der Waals surface area contributed by atoms with E-state index in [-0.39, 0.29) is 17.9 Å². The Morgan fingerprint density at radius 1 is 1.00 bits per heavy atom. The summed E-state index contributed by atoms with van der Waals surface area (Å²) >= 11 is 1.82. The van der Waals surface area contributed by atoms with E-state index in [1.807, 2.05) is 11.8 Å². The van der Waals surface area contributed by atoms with Crippen molar-refractivity contribution in [1.29, 1.82) is 0 Å². The van der Waals surface area contributed by atoms with E-state index in [1.165, 1.54) is 6.42 Å². The van der Waals surface area contributed by atoms with E-state index in [0.29, 0.717) is 11.7 Å². The molecular formula is C15H25NO3S. The maximum Gasteiger partial charge on any atom is 0.307 e. The third-order valence-electron chi connectivity index (χ3n) is 4.75. The second kappa shape index (κ2) is 7.34. The molecule has 0 aromatic carbocycles. The molecule has 0 bridgehead atoms. The van der Waals surface area contributed by atoms with Gasteiger partial charge in [-0.15, -0.1) is 0 Å². The quantitative estimate of drug-likeness (QED) is 0.837. The lowest BCUT2D eigenvalue weighted by molar-refractivity contribution is -0.149. The van der Waals surface area contributed by atoms with Gasteiger partial charge in [0.1, 0.15) is 0 Å². The Morgan fingerprint density at radius 2 is 1.60 bits per heavy atom. The van der Waals surface area contributed by atoms with Crippen molar-refractivity contribution in [2.24, 2.45) is 11.8 Å². The monoisotopic (exact) mass is 299 g/mol. The van der Waals surface area contributed by atoms with E-state index in [0.717, 1.165) is 38.5 Å². The highest BCUT2D eigenvalue weighted by Crippen LogP contribution is 2.32. The zero-order valence-electron chi connectivity index (χ0n) is 12.1. The highest BCUT2D eigenvalue weighted by atomic mass is 32.2. The zero-order valence-corrected chi connectivity index (χ0v) is 13.0. The molecule has 0 spiro atoms. The van der Waals surface area contributed by atoms with Gasteiger partial charge in [-0.25, -0.2) is 0 Å². The van der Waals surface area contributed by atoms with E-state index < -0.39 is 11.9 Å². The molecule has 0 radical (unpaired) electrons. The number of hydrogen-bond acceptors (Lipinski definition) is 3. The van der Waals surface area contributed by atoms with E-state index in [1.54, 1.807) is 0 Å². The lowest BCUT2D eigenvalue weighted by Gasteiger charge is -2.34. The molecule has 114 valence electrons. The Kier molecular flexibility index (Phi) is 5.75. The number of carboxylic acids is 1. The molecule has 0 aromatic rings. The molecule has 2 rings (SSSR count). The van der Waals surface area contributed by atoms with Gasteiger partial charge in [0, 0.05) is 11.3 Å². The fraction of sp³-hybridized carbons (Fsp3) is 0.867. The van der Waals surface area contributed by atoms with Gasteiger partial charge < -0.3 is 10.4 Å². The molecule has 0 heterocycles. The van der Waals surface area contributed by atoms with Crippen LogP contribution in [-0.2, 0) is 9.59 Å². The fourth-order valence-electron chi connectivity index (χ4n) is 3.57. The van der Waals surface area contributed by atoms with Crippen molar-refractivity contribution < 1.29 is 14.7 Å². The van der Waals surface area contributed by atoms with Gasteiger partial charge in [-0.3, -0.25) is 9.59 Å². The normalized spacial score (nSPS) is 34.5. The lowest BCUT2D eigenvalue weighted by Crippen LogP contribution is -2.48. The number of aliphatic carboxylic acids is 1. The topological polar surface area (TPSA) is 66.4 Å². The molecule has 2 saturated carbocycles. The summed E-state index contributed by atoms with van der Waals surface area (Å²) in [6.07, 6.45) is 9.93. The Balaban J connectivity index is 1.96. The van der Waals surface area contributed by atoms with Crippen LogP contribution in [0.3, 0.4) is 0 Å². The summed E-state index contributed by atoms with van der Waals surface area (Å²) in [6, 6.07) is 0.225.